The number of halogens is 1. The zero-order chi connectivity index (χ0) is 16.0. The third-order valence-electron chi connectivity index (χ3n) is 4.85. The molecule has 2 aliphatic heterocycles. The number of amides is 1. The van der Waals surface area contributed by atoms with E-state index in [1.54, 1.807) is 0 Å². The number of piperazine rings is 1. The maximum atomic E-state index is 12.7. The first kappa shape index (κ1) is 14.9. The zero-order valence-corrected chi connectivity index (χ0v) is 14.7. The Labute approximate surface area is 145 Å². The largest absolute Gasteiger partial charge is 0.326 e. The van der Waals surface area contributed by atoms with E-state index in [0.717, 1.165) is 29.7 Å². The average Bonchev–Trinajstić information content (AvgIpc) is 2.81. The molecule has 23 heavy (non-hydrogen) atoms. The first-order valence-electron chi connectivity index (χ1n) is 8.02. The topological polar surface area (TPSA) is 23.6 Å². The predicted octanol–water partition coefficient (Wildman–Crippen LogP) is 3.85. The smallest absolute Gasteiger partial charge is 0.255 e. The van der Waals surface area contributed by atoms with Crippen molar-refractivity contribution in [1.82, 2.24) is 9.80 Å². The summed E-state index contributed by atoms with van der Waals surface area (Å²) in [6, 6.07) is 17.1. The summed E-state index contributed by atoms with van der Waals surface area (Å²) in [7, 11) is 0. The molecule has 3 nitrogen and oxygen atoms in total. The predicted molar refractivity (Wildman–Crippen MR) is 94.2 cm³/mol. The van der Waals surface area contributed by atoms with E-state index in [-0.39, 0.29) is 18.0 Å². The monoisotopic (exact) mass is 370 g/mol. The quantitative estimate of drug-likeness (QED) is 0.801. The van der Waals surface area contributed by atoms with Crippen LogP contribution in [0.5, 0.6) is 0 Å². The Bertz CT molecular complexity index is 746. The maximum Gasteiger partial charge on any atom is 0.255 e. The second-order valence-electron chi connectivity index (χ2n) is 6.49. The molecule has 1 amide bonds. The molecule has 118 valence electrons. The van der Waals surface area contributed by atoms with E-state index in [1.165, 1.54) is 11.1 Å². The molecule has 0 spiro atoms. The highest BCUT2D eigenvalue weighted by molar-refractivity contribution is 9.10. The number of fused-ring (bicyclic) bond motifs is 3. The average molecular weight is 371 g/mol. The number of benzene rings is 2. The van der Waals surface area contributed by atoms with Gasteiger partial charge in [-0.1, -0.05) is 52.3 Å². The highest BCUT2D eigenvalue weighted by Gasteiger charge is 2.43. The normalized spacial score (nSPS) is 23.7. The minimum Gasteiger partial charge on any atom is -0.326 e. The summed E-state index contributed by atoms with van der Waals surface area (Å²) in [6.07, 6.45) is 0. The lowest BCUT2D eigenvalue weighted by Gasteiger charge is -2.42. The Morgan fingerprint density at radius 3 is 2.70 bits per heavy atom. The van der Waals surface area contributed by atoms with Crippen molar-refractivity contribution in [2.45, 2.75) is 25.6 Å². The van der Waals surface area contributed by atoms with E-state index in [9.17, 15) is 4.79 Å². The van der Waals surface area contributed by atoms with E-state index >= 15 is 0 Å². The molecule has 2 heterocycles. The van der Waals surface area contributed by atoms with Crippen LogP contribution in [0.1, 0.15) is 34.5 Å². The van der Waals surface area contributed by atoms with Gasteiger partial charge in [-0.15, -0.1) is 0 Å². The van der Waals surface area contributed by atoms with Crippen LogP contribution in [0.15, 0.2) is 53.0 Å². The summed E-state index contributed by atoms with van der Waals surface area (Å²) in [5, 5.41) is 0. The van der Waals surface area contributed by atoms with Crippen LogP contribution in [0.2, 0.25) is 0 Å². The molecule has 2 unspecified atom stereocenters. The number of carbonyl (C=O) groups is 1. The van der Waals surface area contributed by atoms with Crippen LogP contribution in [0, 0.1) is 0 Å². The molecule has 0 aliphatic carbocycles. The Morgan fingerprint density at radius 1 is 1.13 bits per heavy atom. The fourth-order valence-electron chi connectivity index (χ4n) is 3.88. The number of hydrogen-bond acceptors (Lipinski definition) is 2. The highest BCUT2D eigenvalue weighted by atomic mass is 79.9. The molecular formula is C19H19BrN2O. The van der Waals surface area contributed by atoms with Gasteiger partial charge < -0.3 is 4.90 Å². The second-order valence-corrected chi connectivity index (χ2v) is 7.40. The number of hydrogen-bond donors (Lipinski definition) is 0. The summed E-state index contributed by atoms with van der Waals surface area (Å²) in [5.74, 6) is 0.179. The lowest BCUT2D eigenvalue weighted by Crippen LogP contribution is -2.52. The maximum absolute atomic E-state index is 12.7. The van der Waals surface area contributed by atoms with Gasteiger partial charge in [0.05, 0.1) is 6.04 Å². The third kappa shape index (κ3) is 2.60. The van der Waals surface area contributed by atoms with Crippen molar-refractivity contribution >= 4 is 21.8 Å². The van der Waals surface area contributed by atoms with Crippen LogP contribution in [0.4, 0.5) is 0 Å². The van der Waals surface area contributed by atoms with Gasteiger partial charge in [-0.2, -0.15) is 0 Å². The van der Waals surface area contributed by atoms with Gasteiger partial charge in [0.15, 0.2) is 0 Å². The Hall–Kier alpha value is -1.65. The molecule has 0 saturated carbocycles. The van der Waals surface area contributed by atoms with Crippen molar-refractivity contribution < 1.29 is 4.79 Å². The first-order valence-corrected chi connectivity index (χ1v) is 8.81. The van der Waals surface area contributed by atoms with Gasteiger partial charge in [0, 0.05) is 35.7 Å². The molecular weight excluding hydrogens is 352 g/mol. The highest BCUT2D eigenvalue weighted by Crippen LogP contribution is 2.39. The van der Waals surface area contributed by atoms with Crippen LogP contribution in [0.25, 0.3) is 0 Å². The van der Waals surface area contributed by atoms with Crippen molar-refractivity contribution in [2.24, 2.45) is 0 Å². The van der Waals surface area contributed by atoms with Crippen LogP contribution in [-0.4, -0.2) is 34.8 Å². The Kier molecular flexibility index (Phi) is 3.74. The van der Waals surface area contributed by atoms with Crippen LogP contribution in [-0.2, 0) is 6.54 Å². The first-order chi connectivity index (χ1) is 11.1. The minimum atomic E-state index is 0.179. The van der Waals surface area contributed by atoms with Crippen molar-refractivity contribution in [3.63, 3.8) is 0 Å². The SMILES string of the molecule is CC1CN(Cc2ccccc2)CC2c3ccc(Br)cc3C(=O)N12. The van der Waals surface area contributed by atoms with E-state index in [1.807, 2.05) is 18.2 Å². The van der Waals surface area contributed by atoms with E-state index in [4.69, 9.17) is 0 Å². The molecule has 4 rings (SSSR count). The fraction of sp³-hybridized carbons (Fsp3) is 0.316. The number of nitrogens with zero attached hydrogens (tertiary/aromatic N) is 2. The van der Waals surface area contributed by atoms with Crippen molar-refractivity contribution in [3.8, 4) is 0 Å². The van der Waals surface area contributed by atoms with E-state index in [2.05, 4.69) is 63.0 Å². The van der Waals surface area contributed by atoms with Crippen molar-refractivity contribution in [2.75, 3.05) is 13.1 Å². The number of carbonyl (C=O) groups excluding carboxylic acids is 1. The van der Waals surface area contributed by atoms with E-state index < -0.39 is 0 Å². The molecule has 2 aromatic carbocycles. The minimum absolute atomic E-state index is 0.179. The molecule has 0 bridgehead atoms. The molecule has 1 saturated heterocycles. The fourth-order valence-corrected chi connectivity index (χ4v) is 4.24. The number of rotatable bonds is 2. The Balaban J connectivity index is 1.62. The van der Waals surface area contributed by atoms with Gasteiger partial charge >= 0.3 is 0 Å². The summed E-state index contributed by atoms with van der Waals surface area (Å²) in [6.45, 7) is 4.92. The molecule has 0 aromatic heterocycles. The van der Waals surface area contributed by atoms with Crippen LogP contribution < -0.4 is 0 Å². The molecule has 4 heteroatoms. The Morgan fingerprint density at radius 2 is 1.91 bits per heavy atom. The van der Waals surface area contributed by atoms with Gasteiger partial charge in [-0.3, -0.25) is 9.69 Å². The summed E-state index contributed by atoms with van der Waals surface area (Å²) in [4.78, 5) is 17.3. The summed E-state index contributed by atoms with van der Waals surface area (Å²) in [5.41, 5.74) is 3.36. The lowest BCUT2D eigenvalue weighted by molar-refractivity contribution is 0.0297. The molecule has 0 N–H and O–H groups in total. The van der Waals surface area contributed by atoms with Gasteiger partial charge in [-0.25, -0.2) is 0 Å². The van der Waals surface area contributed by atoms with Gasteiger partial charge in [0.25, 0.3) is 5.91 Å². The summed E-state index contributed by atoms with van der Waals surface area (Å²) >= 11 is 3.48. The molecule has 1 fully saturated rings. The van der Waals surface area contributed by atoms with Crippen molar-refractivity contribution in [3.05, 3.63) is 69.7 Å². The standard InChI is InChI=1S/C19H19BrN2O/c1-13-10-21(11-14-5-3-2-4-6-14)12-18-16-8-7-15(20)9-17(16)19(23)22(13)18/h2-9,13,18H,10-12H2,1H3. The third-order valence-corrected chi connectivity index (χ3v) is 5.35. The molecule has 0 radical (unpaired) electrons. The molecule has 2 aliphatic rings. The van der Waals surface area contributed by atoms with Crippen LogP contribution >= 0.6 is 15.9 Å². The lowest BCUT2D eigenvalue weighted by atomic mass is 10.0. The van der Waals surface area contributed by atoms with Crippen LogP contribution in [0.3, 0.4) is 0 Å². The molecule has 2 atom stereocenters. The summed E-state index contributed by atoms with van der Waals surface area (Å²) < 4.78 is 0.971. The zero-order valence-electron chi connectivity index (χ0n) is 13.1. The van der Waals surface area contributed by atoms with Gasteiger partial charge in [-0.05, 0) is 30.2 Å². The van der Waals surface area contributed by atoms with Gasteiger partial charge in [0.1, 0.15) is 0 Å². The second kappa shape index (κ2) is 5.77. The van der Waals surface area contributed by atoms with Crippen molar-refractivity contribution in [1.29, 1.82) is 0 Å². The van der Waals surface area contributed by atoms with Gasteiger partial charge in [0.2, 0.25) is 0 Å². The van der Waals surface area contributed by atoms with E-state index in [0.29, 0.717) is 0 Å². The molecule has 2 aromatic rings.